The van der Waals surface area contributed by atoms with Crippen LogP contribution in [0.1, 0.15) is 34.3 Å². The molecule has 0 bridgehead atoms. The third-order valence-corrected chi connectivity index (χ3v) is 4.40. The van der Waals surface area contributed by atoms with Crippen molar-refractivity contribution in [1.82, 2.24) is 9.88 Å². The van der Waals surface area contributed by atoms with Crippen LogP contribution in [0.5, 0.6) is 0 Å². The van der Waals surface area contributed by atoms with Gasteiger partial charge in [0.05, 0.1) is 23.8 Å². The van der Waals surface area contributed by atoms with Crippen molar-refractivity contribution in [3.8, 4) is 0 Å². The van der Waals surface area contributed by atoms with Crippen molar-refractivity contribution in [3.05, 3.63) is 65.5 Å². The highest BCUT2D eigenvalue weighted by molar-refractivity contribution is 5.96. The minimum Gasteiger partial charge on any atom is -0.373 e. The molecule has 4 nitrogen and oxygen atoms in total. The lowest BCUT2D eigenvalue weighted by Crippen LogP contribution is -2.41. The average Bonchev–Trinajstić information content (AvgIpc) is 2.66. The number of carbonyl (C=O) groups is 1. The average molecular weight is 364 g/mol. The first kappa shape index (κ1) is 18.4. The molecule has 1 saturated heterocycles. The summed E-state index contributed by atoms with van der Waals surface area (Å²) in [7, 11) is 0. The van der Waals surface area contributed by atoms with Gasteiger partial charge in [0.25, 0.3) is 5.91 Å². The summed E-state index contributed by atoms with van der Waals surface area (Å²) >= 11 is 0. The number of likely N-dealkylation sites (tertiary alicyclic amines) is 1. The number of piperidine rings is 1. The predicted molar refractivity (Wildman–Crippen MR) is 89.4 cm³/mol. The first-order valence-corrected chi connectivity index (χ1v) is 8.41. The van der Waals surface area contributed by atoms with Gasteiger partial charge in [0.1, 0.15) is 0 Å². The van der Waals surface area contributed by atoms with Gasteiger partial charge < -0.3 is 9.64 Å². The zero-order valence-corrected chi connectivity index (χ0v) is 14.1. The molecule has 0 unspecified atom stereocenters. The predicted octanol–water partition coefficient (Wildman–Crippen LogP) is 3.92. The lowest BCUT2D eigenvalue weighted by Gasteiger charge is -2.32. The van der Waals surface area contributed by atoms with Crippen LogP contribution in [0.25, 0.3) is 0 Å². The SMILES string of the molecule is O=C(c1ccccc1C(F)(F)F)N1CCC(OCc2cccnc2)CC1. The normalized spacial score (nSPS) is 15.9. The number of halogens is 3. The van der Waals surface area contributed by atoms with E-state index in [1.807, 2.05) is 12.1 Å². The molecule has 0 atom stereocenters. The fraction of sp³-hybridized carbons (Fsp3) is 0.368. The highest BCUT2D eigenvalue weighted by atomic mass is 19.4. The van der Waals surface area contributed by atoms with Gasteiger partial charge in [-0.05, 0) is 36.6 Å². The Hall–Kier alpha value is -2.41. The van der Waals surface area contributed by atoms with E-state index in [1.165, 1.54) is 23.1 Å². The first-order valence-electron chi connectivity index (χ1n) is 8.41. The second-order valence-corrected chi connectivity index (χ2v) is 6.21. The summed E-state index contributed by atoms with van der Waals surface area (Å²) in [4.78, 5) is 18.0. The number of hydrogen-bond acceptors (Lipinski definition) is 3. The Labute approximate surface area is 149 Å². The largest absolute Gasteiger partial charge is 0.417 e. The Morgan fingerprint density at radius 3 is 2.54 bits per heavy atom. The third kappa shape index (κ3) is 4.40. The maximum atomic E-state index is 13.1. The van der Waals surface area contributed by atoms with Gasteiger partial charge in [0.15, 0.2) is 0 Å². The molecule has 1 aromatic carbocycles. The summed E-state index contributed by atoms with van der Waals surface area (Å²) in [6.07, 6.45) is 0.0498. The summed E-state index contributed by atoms with van der Waals surface area (Å²) in [6, 6.07) is 8.66. The number of rotatable bonds is 4. The van der Waals surface area contributed by atoms with Crippen LogP contribution in [0.2, 0.25) is 0 Å². The number of nitrogens with zero attached hydrogens (tertiary/aromatic N) is 2. The van der Waals surface area contributed by atoms with Crippen LogP contribution >= 0.6 is 0 Å². The standard InChI is InChI=1S/C19H19F3N2O2/c20-19(21,22)17-6-2-1-5-16(17)18(25)24-10-7-15(8-11-24)26-13-14-4-3-9-23-12-14/h1-6,9,12,15H,7-8,10-11,13H2. The van der Waals surface area contributed by atoms with Gasteiger partial charge in [-0.15, -0.1) is 0 Å². The number of amides is 1. The molecule has 2 aromatic rings. The summed E-state index contributed by atoms with van der Waals surface area (Å²) in [5, 5.41) is 0. The van der Waals surface area contributed by atoms with Gasteiger partial charge in [-0.1, -0.05) is 18.2 Å². The molecule has 1 aliphatic heterocycles. The van der Waals surface area contributed by atoms with Gasteiger partial charge in [0, 0.05) is 25.5 Å². The van der Waals surface area contributed by atoms with Gasteiger partial charge >= 0.3 is 6.18 Å². The Morgan fingerprint density at radius 1 is 1.15 bits per heavy atom. The monoisotopic (exact) mass is 364 g/mol. The second-order valence-electron chi connectivity index (χ2n) is 6.21. The maximum absolute atomic E-state index is 13.1. The Bertz CT molecular complexity index is 742. The van der Waals surface area contributed by atoms with E-state index in [9.17, 15) is 18.0 Å². The number of benzene rings is 1. The Kier molecular flexibility index (Phi) is 5.56. The van der Waals surface area contributed by atoms with E-state index in [0.717, 1.165) is 11.6 Å². The van der Waals surface area contributed by atoms with E-state index in [1.54, 1.807) is 12.4 Å². The molecule has 3 rings (SSSR count). The lowest BCUT2D eigenvalue weighted by molar-refractivity contribution is -0.138. The van der Waals surface area contributed by atoms with Gasteiger partial charge in [0.2, 0.25) is 0 Å². The fourth-order valence-electron chi connectivity index (χ4n) is 3.01. The fourth-order valence-corrected chi connectivity index (χ4v) is 3.01. The zero-order chi connectivity index (χ0) is 18.6. The van der Waals surface area contributed by atoms with Gasteiger partial charge in [-0.25, -0.2) is 0 Å². The first-order chi connectivity index (χ1) is 12.4. The lowest BCUT2D eigenvalue weighted by atomic mass is 10.0. The molecule has 1 aromatic heterocycles. The summed E-state index contributed by atoms with van der Waals surface area (Å²) in [6.45, 7) is 1.19. The van der Waals surface area contributed by atoms with Crippen molar-refractivity contribution in [3.63, 3.8) is 0 Å². The van der Waals surface area contributed by atoms with E-state index in [4.69, 9.17) is 4.74 Å². The quantitative estimate of drug-likeness (QED) is 0.826. The summed E-state index contributed by atoms with van der Waals surface area (Å²) in [5.41, 5.74) is -0.222. The molecule has 0 saturated carbocycles. The van der Waals surface area contributed by atoms with Crippen LogP contribution in [0.15, 0.2) is 48.8 Å². The number of aromatic nitrogens is 1. The number of pyridine rings is 1. The van der Waals surface area contributed by atoms with Crippen molar-refractivity contribution in [1.29, 1.82) is 0 Å². The van der Waals surface area contributed by atoms with E-state index in [2.05, 4.69) is 4.98 Å². The molecule has 2 heterocycles. The van der Waals surface area contributed by atoms with Crippen LogP contribution in [0, 0.1) is 0 Å². The molecular formula is C19H19F3N2O2. The van der Waals surface area contributed by atoms with Crippen molar-refractivity contribution in [2.75, 3.05) is 13.1 Å². The smallest absolute Gasteiger partial charge is 0.373 e. The minimum absolute atomic E-state index is 0.0166. The zero-order valence-electron chi connectivity index (χ0n) is 14.1. The van der Waals surface area contributed by atoms with Crippen LogP contribution in [0.4, 0.5) is 13.2 Å². The highest BCUT2D eigenvalue weighted by Crippen LogP contribution is 2.32. The van der Waals surface area contributed by atoms with Gasteiger partial charge in [-0.2, -0.15) is 13.2 Å². The molecule has 138 valence electrons. The van der Waals surface area contributed by atoms with E-state index in [0.29, 0.717) is 32.5 Å². The van der Waals surface area contributed by atoms with Crippen LogP contribution in [-0.2, 0) is 17.5 Å². The molecular weight excluding hydrogens is 345 g/mol. The summed E-state index contributed by atoms with van der Waals surface area (Å²) < 4.78 is 45.1. The Morgan fingerprint density at radius 2 is 1.88 bits per heavy atom. The third-order valence-electron chi connectivity index (χ3n) is 4.40. The maximum Gasteiger partial charge on any atom is 0.417 e. The Balaban J connectivity index is 1.57. The summed E-state index contributed by atoms with van der Waals surface area (Å²) in [5.74, 6) is -0.580. The molecule has 7 heteroatoms. The molecule has 0 spiro atoms. The molecule has 0 aliphatic carbocycles. The topological polar surface area (TPSA) is 42.4 Å². The van der Waals surface area contributed by atoms with Crippen LogP contribution in [0.3, 0.4) is 0 Å². The molecule has 0 radical (unpaired) electrons. The molecule has 26 heavy (non-hydrogen) atoms. The van der Waals surface area contributed by atoms with E-state index in [-0.39, 0.29) is 11.7 Å². The van der Waals surface area contributed by atoms with Crippen LogP contribution < -0.4 is 0 Å². The van der Waals surface area contributed by atoms with Crippen LogP contribution in [-0.4, -0.2) is 35.0 Å². The van der Waals surface area contributed by atoms with Crippen molar-refractivity contribution < 1.29 is 22.7 Å². The van der Waals surface area contributed by atoms with Gasteiger partial charge in [-0.3, -0.25) is 9.78 Å². The highest BCUT2D eigenvalue weighted by Gasteiger charge is 2.36. The minimum atomic E-state index is -4.54. The molecule has 0 N–H and O–H groups in total. The van der Waals surface area contributed by atoms with Crippen molar-refractivity contribution in [2.45, 2.75) is 31.7 Å². The van der Waals surface area contributed by atoms with Crippen molar-refractivity contribution in [2.24, 2.45) is 0 Å². The molecule has 1 amide bonds. The molecule has 1 aliphatic rings. The number of carbonyl (C=O) groups excluding carboxylic acids is 1. The van der Waals surface area contributed by atoms with E-state index < -0.39 is 17.6 Å². The number of hydrogen-bond donors (Lipinski definition) is 0. The van der Waals surface area contributed by atoms with Crippen molar-refractivity contribution >= 4 is 5.91 Å². The number of ether oxygens (including phenoxy) is 1. The number of alkyl halides is 3. The second kappa shape index (κ2) is 7.86. The van der Waals surface area contributed by atoms with E-state index >= 15 is 0 Å². The molecule has 1 fully saturated rings.